The van der Waals surface area contributed by atoms with E-state index in [1.165, 1.54) is 23.9 Å². The Hall–Kier alpha value is -2.36. The highest BCUT2D eigenvalue weighted by atomic mass is 32.2. The number of amides is 1. The van der Waals surface area contributed by atoms with E-state index in [2.05, 4.69) is 4.99 Å². The Morgan fingerprint density at radius 1 is 1.31 bits per heavy atom. The third-order valence-electron chi connectivity index (χ3n) is 5.40. The molecule has 0 spiro atoms. The standard InChI is InChI=1S/C20H22FN3O4S/c21-12-5-3-11(4-6-12)10-24-16-17(26)15(25)8-14(19(22)27)18(16)29-20(24)23-9-13-2-1-7-28-13/h1-7,14-18,25-26H,8-10H2,(H2,22,27)/t14-,15+,16-,17-,18+/m0/s1. The first-order valence-corrected chi connectivity index (χ1v) is 10.2. The van der Waals surface area contributed by atoms with Crippen LogP contribution in [-0.2, 0) is 17.9 Å². The van der Waals surface area contributed by atoms with Crippen LogP contribution in [0, 0.1) is 11.7 Å². The van der Waals surface area contributed by atoms with E-state index in [9.17, 15) is 19.4 Å². The quantitative estimate of drug-likeness (QED) is 0.677. The molecule has 1 aliphatic carbocycles. The lowest BCUT2D eigenvalue weighted by atomic mass is 9.80. The van der Waals surface area contributed by atoms with Crippen LogP contribution in [0.3, 0.4) is 0 Å². The van der Waals surface area contributed by atoms with Crippen LogP contribution in [0.1, 0.15) is 17.7 Å². The number of hydrogen-bond donors (Lipinski definition) is 3. The fourth-order valence-electron chi connectivity index (χ4n) is 3.94. The number of aliphatic hydroxyl groups is 2. The molecule has 4 rings (SSSR count). The summed E-state index contributed by atoms with van der Waals surface area (Å²) in [5.74, 6) is -0.749. The van der Waals surface area contributed by atoms with Crippen LogP contribution in [0.25, 0.3) is 0 Å². The van der Waals surface area contributed by atoms with Crippen molar-refractivity contribution in [1.82, 2.24) is 4.90 Å². The lowest BCUT2D eigenvalue weighted by Crippen LogP contribution is -2.58. The molecule has 4 N–H and O–H groups in total. The van der Waals surface area contributed by atoms with Crippen molar-refractivity contribution >= 4 is 22.8 Å². The number of carbonyl (C=O) groups excluding carboxylic acids is 1. The van der Waals surface area contributed by atoms with Crippen molar-refractivity contribution in [3.8, 4) is 0 Å². The maximum absolute atomic E-state index is 13.3. The largest absolute Gasteiger partial charge is 0.467 e. The van der Waals surface area contributed by atoms with Crippen molar-refractivity contribution in [3.05, 3.63) is 59.8 Å². The summed E-state index contributed by atoms with van der Waals surface area (Å²) >= 11 is 1.38. The summed E-state index contributed by atoms with van der Waals surface area (Å²) in [6.07, 6.45) is -0.439. The maximum Gasteiger partial charge on any atom is 0.221 e. The lowest BCUT2D eigenvalue weighted by Gasteiger charge is -2.41. The molecule has 1 saturated carbocycles. The lowest BCUT2D eigenvalue weighted by molar-refractivity contribution is -0.128. The smallest absolute Gasteiger partial charge is 0.221 e. The molecule has 1 saturated heterocycles. The van der Waals surface area contributed by atoms with Crippen molar-refractivity contribution in [2.45, 2.75) is 43.0 Å². The summed E-state index contributed by atoms with van der Waals surface area (Å²) < 4.78 is 18.6. The van der Waals surface area contributed by atoms with Gasteiger partial charge in [-0.1, -0.05) is 23.9 Å². The Balaban J connectivity index is 1.67. The van der Waals surface area contributed by atoms with E-state index in [1.807, 2.05) is 11.0 Å². The summed E-state index contributed by atoms with van der Waals surface area (Å²) in [7, 11) is 0. The number of benzene rings is 1. The van der Waals surface area contributed by atoms with Gasteiger partial charge in [-0.25, -0.2) is 4.39 Å². The van der Waals surface area contributed by atoms with Crippen molar-refractivity contribution in [2.75, 3.05) is 0 Å². The zero-order valence-corrected chi connectivity index (χ0v) is 16.3. The SMILES string of the molecule is NC(=O)[C@H]1C[C@@H](O)[C@H](O)[C@H]2[C@@H]1SC(=NCc1ccco1)N2Cc1ccc(F)cc1. The summed E-state index contributed by atoms with van der Waals surface area (Å²) in [4.78, 5) is 18.5. The highest BCUT2D eigenvalue weighted by Gasteiger charge is 2.54. The van der Waals surface area contributed by atoms with E-state index in [0.29, 0.717) is 24.0 Å². The molecule has 0 unspecified atom stereocenters. The summed E-state index contributed by atoms with van der Waals surface area (Å²) in [6.45, 7) is 0.648. The Kier molecular flexibility index (Phi) is 5.62. The number of nitrogens with two attached hydrogens (primary N) is 1. The average Bonchev–Trinajstić information content (AvgIpc) is 3.33. The minimum absolute atomic E-state index is 0.112. The predicted octanol–water partition coefficient (Wildman–Crippen LogP) is 1.49. The highest BCUT2D eigenvalue weighted by molar-refractivity contribution is 8.14. The Bertz CT molecular complexity index is 890. The molecule has 2 aromatic rings. The summed E-state index contributed by atoms with van der Waals surface area (Å²) in [5, 5.41) is 21.3. The van der Waals surface area contributed by atoms with Crippen LogP contribution >= 0.6 is 11.8 Å². The number of hydrogen-bond acceptors (Lipinski definition) is 6. The van der Waals surface area contributed by atoms with E-state index in [0.717, 1.165) is 5.56 Å². The van der Waals surface area contributed by atoms with Crippen molar-refractivity contribution in [1.29, 1.82) is 0 Å². The minimum atomic E-state index is -1.06. The van der Waals surface area contributed by atoms with Gasteiger partial charge in [0.15, 0.2) is 5.17 Å². The molecule has 5 atom stereocenters. The Labute approximate surface area is 171 Å². The molecule has 1 aromatic carbocycles. The van der Waals surface area contributed by atoms with Crippen molar-refractivity contribution < 1.29 is 23.8 Å². The number of amidine groups is 1. The molecule has 154 valence electrons. The topological polar surface area (TPSA) is 112 Å². The molecule has 2 fully saturated rings. The highest BCUT2D eigenvalue weighted by Crippen LogP contribution is 2.44. The van der Waals surface area contributed by atoms with Crippen LogP contribution in [0.2, 0.25) is 0 Å². The van der Waals surface area contributed by atoms with Gasteiger partial charge in [-0.3, -0.25) is 9.79 Å². The van der Waals surface area contributed by atoms with Gasteiger partial charge in [0.05, 0.1) is 30.9 Å². The number of carbonyl (C=O) groups is 1. The first-order valence-electron chi connectivity index (χ1n) is 9.34. The zero-order valence-electron chi connectivity index (χ0n) is 15.5. The fourth-order valence-corrected chi connectivity index (χ4v) is 5.50. The summed E-state index contributed by atoms with van der Waals surface area (Å²) in [5.41, 5.74) is 6.40. The number of thioether (sulfide) groups is 1. The maximum atomic E-state index is 13.3. The number of halogens is 1. The molecular weight excluding hydrogens is 397 g/mol. The molecular formula is C20H22FN3O4S. The number of furan rings is 1. The zero-order chi connectivity index (χ0) is 20.5. The molecule has 1 aromatic heterocycles. The van der Waals surface area contributed by atoms with Crippen LogP contribution < -0.4 is 5.73 Å². The predicted molar refractivity (Wildman–Crippen MR) is 106 cm³/mol. The van der Waals surface area contributed by atoms with Crippen molar-refractivity contribution in [2.24, 2.45) is 16.6 Å². The Morgan fingerprint density at radius 2 is 2.07 bits per heavy atom. The number of fused-ring (bicyclic) bond motifs is 1. The van der Waals surface area contributed by atoms with Gasteiger partial charge in [0.2, 0.25) is 5.91 Å². The normalized spacial score (nSPS) is 30.5. The minimum Gasteiger partial charge on any atom is -0.467 e. The molecule has 1 amide bonds. The number of rotatable bonds is 5. The van der Waals surface area contributed by atoms with Crippen LogP contribution in [0.15, 0.2) is 52.1 Å². The fraction of sp³-hybridized carbons (Fsp3) is 0.400. The first kappa shape index (κ1) is 19.9. The number of primary amides is 1. The van der Waals surface area contributed by atoms with Crippen LogP contribution in [0.5, 0.6) is 0 Å². The van der Waals surface area contributed by atoms with Gasteiger partial charge >= 0.3 is 0 Å². The third kappa shape index (κ3) is 4.03. The van der Waals surface area contributed by atoms with Gasteiger partial charge in [-0.2, -0.15) is 0 Å². The molecule has 2 heterocycles. The molecule has 9 heteroatoms. The Morgan fingerprint density at radius 3 is 2.72 bits per heavy atom. The second-order valence-electron chi connectivity index (χ2n) is 7.31. The number of nitrogens with zero attached hydrogens (tertiary/aromatic N) is 2. The van der Waals surface area contributed by atoms with Crippen LogP contribution in [0.4, 0.5) is 4.39 Å². The average molecular weight is 419 g/mol. The van der Waals surface area contributed by atoms with Gasteiger partial charge in [-0.15, -0.1) is 0 Å². The molecule has 7 nitrogen and oxygen atoms in total. The summed E-state index contributed by atoms with van der Waals surface area (Å²) in [6, 6.07) is 9.11. The molecule has 2 aliphatic rings. The number of aliphatic hydroxyl groups excluding tert-OH is 2. The van der Waals surface area contributed by atoms with Gasteiger partial charge in [0.1, 0.15) is 17.7 Å². The molecule has 0 bridgehead atoms. The van der Waals surface area contributed by atoms with Gasteiger partial charge in [0, 0.05) is 11.8 Å². The van der Waals surface area contributed by atoms with Gasteiger partial charge < -0.3 is 25.3 Å². The first-order chi connectivity index (χ1) is 13.9. The molecule has 1 aliphatic heterocycles. The second kappa shape index (κ2) is 8.17. The van der Waals surface area contributed by atoms with E-state index in [-0.39, 0.29) is 17.5 Å². The molecule has 0 radical (unpaired) electrons. The monoisotopic (exact) mass is 419 g/mol. The van der Waals surface area contributed by atoms with Crippen molar-refractivity contribution in [3.63, 3.8) is 0 Å². The molecule has 29 heavy (non-hydrogen) atoms. The van der Waals surface area contributed by atoms with E-state index >= 15 is 0 Å². The third-order valence-corrected chi connectivity index (χ3v) is 6.86. The van der Waals surface area contributed by atoms with E-state index in [4.69, 9.17) is 10.2 Å². The van der Waals surface area contributed by atoms with Gasteiger partial charge in [-0.05, 0) is 36.2 Å². The van der Waals surface area contributed by atoms with E-state index < -0.39 is 30.1 Å². The van der Waals surface area contributed by atoms with E-state index in [1.54, 1.807) is 24.5 Å². The van der Waals surface area contributed by atoms with Gasteiger partial charge in [0.25, 0.3) is 0 Å². The van der Waals surface area contributed by atoms with Crippen LogP contribution in [-0.4, -0.2) is 49.7 Å². The number of aliphatic imine (C=N–C) groups is 1. The second-order valence-corrected chi connectivity index (χ2v) is 8.45.